The van der Waals surface area contributed by atoms with Gasteiger partial charge in [-0.25, -0.2) is 0 Å². The lowest BCUT2D eigenvalue weighted by Gasteiger charge is -2.20. The van der Waals surface area contributed by atoms with E-state index in [1.54, 1.807) is 11.3 Å². The summed E-state index contributed by atoms with van der Waals surface area (Å²) in [6, 6.07) is 6.27. The third-order valence-electron chi connectivity index (χ3n) is 3.11. The highest BCUT2D eigenvalue weighted by atomic mass is 79.9. The first-order chi connectivity index (χ1) is 9.85. The lowest BCUT2D eigenvalue weighted by atomic mass is 10.1. The Morgan fingerprint density at radius 1 is 1.24 bits per heavy atom. The van der Waals surface area contributed by atoms with Gasteiger partial charge in [-0.05, 0) is 58.4 Å². The zero-order chi connectivity index (χ0) is 15.5. The Labute approximate surface area is 139 Å². The van der Waals surface area contributed by atoms with Gasteiger partial charge < -0.3 is 5.32 Å². The first-order valence-corrected chi connectivity index (χ1v) is 8.80. The summed E-state index contributed by atoms with van der Waals surface area (Å²) in [5, 5.41) is 14.3. The third kappa shape index (κ3) is 5.16. The van der Waals surface area contributed by atoms with Crippen LogP contribution in [0.3, 0.4) is 0 Å². The molecule has 21 heavy (non-hydrogen) atoms. The molecule has 3 nitrogen and oxygen atoms in total. The minimum atomic E-state index is 0.181. The molecule has 1 heterocycles. The molecule has 0 saturated heterocycles. The van der Waals surface area contributed by atoms with Crippen molar-refractivity contribution in [3.63, 3.8) is 0 Å². The van der Waals surface area contributed by atoms with E-state index in [9.17, 15) is 0 Å². The molecule has 0 radical (unpaired) electrons. The molecule has 0 saturated carbocycles. The van der Waals surface area contributed by atoms with Crippen molar-refractivity contribution in [1.29, 1.82) is 0 Å². The number of benzene rings is 1. The number of nitrogens with zero attached hydrogens (tertiary/aromatic N) is 2. The van der Waals surface area contributed by atoms with Gasteiger partial charge in [-0.3, -0.25) is 0 Å². The highest BCUT2D eigenvalue weighted by molar-refractivity contribution is 9.10. The lowest BCUT2D eigenvalue weighted by molar-refractivity contribution is 0.422. The van der Waals surface area contributed by atoms with Crippen LogP contribution in [0, 0.1) is 6.92 Å². The van der Waals surface area contributed by atoms with Gasteiger partial charge in [-0.15, -0.1) is 10.2 Å². The summed E-state index contributed by atoms with van der Waals surface area (Å²) in [6.07, 6.45) is 2.07. The van der Waals surface area contributed by atoms with Crippen molar-refractivity contribution in [1.82, 2.24) is 15.5 Å². The first kappa shape index (κ1) is 16.6. The molecule has 0 amide bonds. The number of aryl methyl sites for hydroxylation is 2. The molecule has 1 aromatic carbocycles. The van der Waals surface area contributed by atoms with Crippen LogP contribution in [-0.4, -0.2) is 22.3 Å². The van der Waals surface area contributed by atoms with Crippen LogP contribution in [0.25, 0.3) is 10.6 Å². The molecule has 5 heteroatoms. The van der Waals surface area contributed by atoms with Gasteiger partial charge in [0.15, 0.2) is 0 Å². The normalized spacial score (nSPS) is 11.9. The van der Waals surface area contributed by atoms with E-state index in [1.165, 1.54) is 11.1 Å². The summed E-state index contributed by atoms with van der Waals surface area (Å²) in [5.74, 6) is 0. The Morgan fingerprint density at radius 2 is 2.00 bits per heavy atom. The number of aromatic nitrogens is 2. The molecule has 1 N–H and O–H groups in total. The molecule has 0 fully saturated rings. The van der Waals surface area contributed by atoms with E-state index in [1.807, 2.05) is 0 Å². The van der Waals surface area contributed by atoms with Crippen LogP contribution in [0.2, 0.25) is 0 Å². The molecular formula is C16H22BrN3S. The molecule has 0 spiro atoms. The minimum Gasteiger partial charge on any atom is -0.312 e. The predicted octanol–water partition coefficient (Wildman–Crippen LogP) is 4.60. The minimum absolute atomic E-state index is 0.181. The Hall–Kier alpha value is -0.780. The van der Waals surface area contributed by atoms with Crippen molar-refractivity contribution in [2.45, 2.75) is 46.1 Å². The van der Waals surface area contributed by atoms with Crippen LogP contribution >= 0.6 is 27.3 Å². The van der Waals surface area contributed by atoms with Gasteiger partial charge in [-0.2, -0.15) is 0 Å². The van der Waals surface area contributed by atoms with Crippen LogP contribution in [0.5, 0.6) is 0 Å². The molecule has 2 aromatic rings. The standard InChI is InChI=1S/C16H22BrN3S/c1-11-10-12(17)7-8-13(11)15-20-19-14(21-15)6-5-9-18-16(2,3)4/h7-8,10,18H,5-6,9H2,1-4H3. The Morgan fingerprint density at radius 3 is 2.67 bits per heavy atom. The van der Waals surface area contributed by atoms with Gasteiger partial charge in [0.2, 0.25) is 0 Å². The smallest absolute Gasteiger partial charge is 0.148 e. The Bertz CT molecular complexity index is 602. The van der Waals surface area contributed by atoms with Crippen LogP contribution in [0.1, 0.15) is 37.8 Å². The fourth-order valence-electron chi connectivity index (χ4n) is 2.03. The van der Waals surface area contributed by atoms with Crippen molar-refractivity contribution in [2.75, 3.05) is 6.54 Å². The number of hydrogen-bond donors (Lipinski definition) is 1. The van der Waals surface area contributed by atoms with Crippen LogP contribution in [-0.2, 0) is 6.42 Å². The maximum absolute atomic E-state index is 4.34. The van der Waals surface area contributed by atoms with E-state index in [2.05, 4.69) is 77.3 Å². The average Bonchev–Trinajstić information content (AvgIpc) is 2.82. The zero-order valence-electron chi connectivity index (χ0n) is 13.0. The van der Waals surface area contributed by atoms with E-state index in [4.69, 9.17) is 0 Å². The van der Waals surface area contributed by atoms with Crippen molar-refractivity contribution >= 4 is 27.3 Å². The van der Waals surface area contributed by atoms with Gasteiger partial charge >= 0.3 is 0 Å². The van der Waals surface area contributed by atoms with E-state index in [0.29, 0.717) is 0 Å². The summed E-state index contributed by atoms with van der Waals surface area (Å²) in [7, 11) is 0. The quantitative estimate of drug-likeness (QED) is 0.784. The predicted molar refractivity (Wildman–Crippen MR) is 93.9 cm³/mol. The second kappa shape index (κ2) is 6.99. The van der Waals surface area contributed by atoms with Crippen molar-refractivity contribution < 1.29 is 0 Å². The van der Waals surface area contributed by atoms with E-state index in [0.717, 1.165) is 33.9 Å². The van der Waals surface area contributed by atoms with Gasteiger partial charge in [0.1, 0.15) is 10.0 Å². The largest absolute Gasteiger partial charge is 0.312 e. The number of rotatable bonds is 5. The van der Waals surface area contributed by atoms with Gasteiger partial charge in [0, 0.05) is 22.0 Å². The number of hydrogen-bond acceptors (Lipinski definition) is 4. The number of halogens is 1. The molecular weight excluding hydrogens is 346 g/mol. The summed E-state index contributed by atoms with van der Waals surface area (Å²) < 4.78 is 1.10. The van der Waals surface area contributed by atoms with Crippen molar-refractivity contribution in [3.8, 4) is 10.6 Å². The maximum atomic E-state index is 4.34. The van der Waals surface area contributed by atoms with Crippen LogP contribution in [0.4, 0.5) is 0 Å². The molecule has 114 valence electrons. The van der Waals surface area contributed by atoms with E-state index < -0.39 is 0 Å². The van der Waals surface area contributed by atoms with Gasteiger partial charge in [-0.1, -0.05) is 33.3 Å². The summed E-state index contributed by atoms with van der Waals surface area (Å²) in [6.45, 7) is 9.68. The number of nitrogens with one attached hydrogen (secondary N) is 1. The zero-order valence-corrected chi connectivity index (χ0v) is 15.4. The summed E-state index contributed by atoms with van der Waals surface area (Å²) in [5.41, 5.74) is 2.58. The topological polar surface area (TPSA) is 37.8 Å². The fourth-order valence-corrected chi connectivity index (χ4v) is 3.48. The molecule has 0 aliphatic heterocycles. The van der Waals surface area contributed by atoms with E-state index in [-0.39, 0.29) is 5.54 Å². The first-order valence-electron chi connectivity index (χ1n) is 7.19. The second-order valence-corrected chi connectivity index (χ2v) is 8.22. The molecule has 0 aliphatic carbocycles. The van der Waals surface area contributed by atoms with E-state index >= 15 is 0 Å². The molecule has 0 atom stereocenters. The molecule has 2 rings (SSSR count). The van der Waals surface area contributed by atoms with Crippen LogP contribution < -0.4 is 5.32 Å². The SMILES string of the molecule is Cc1cc(Br)ccc1-c1nnc(CCCNC(C)(C)C)s1. The highest BCUT2D eigenvalue weighted by Crippen LogP contribution is 2.28. The second-order valence-electron chi connectivity index (χ2n) is 6.24. The van der Waals surface area contributed by atoms with Gasteiger partial charge in [0.05, 0.1) is 0 Å². The molecule has 0 unspecified atom stereocenters. The monoisotopic (exact) mass is 367 g/mol. The maximum Gasteiger partial charge on any atom is 0.148 e. The molecule has 1 aromatic heterocycles. The Kier molecular flexibility index (Phi) is 5.52. The van der Waals surface area contributed by atoms with Crippen molar-refractivity contribution in [3.05, 3.63) is 33.2 Å². The Balaban J connectivity index is 1.95. The fraction of sp³-hybridized carbons (Fsp3) is 0.500. The summed E-state index contributed by atoms with van der Waals surface area (Å²) >= 11 is 5.19. The lowest BCUT2D eigenvalue weighted by Crippen LogP contribution is -2.36. The molecule has 0 aliphatic rings. The van der Waals surface area contributed by atoms with Crippen LogP contribution in [0.15, 0.2) is 22.7 Å². The average molecular weight is 368 g/mol. The molecule has 0 bridgehead atoms. The van der Waals surface area contributed by atoms with Gasteiger partial charge in [0.25, 0.3) is 0 Å². The highest BCUT2D eigenvalue weighted by Gasteiger charge is 2.11. The third-order valence-corrected chi connectivity index (χ3v) is 4.62. The van der Waals surface area contributed by atoms with Crippen molar-refractivity contribution in [2.24, 2.45) is 0 Å². The summed E-state index contributed by atoms with van der Waals surface area (Å²) in [4.78, 5) is 0.